The fourth-order valence-corrected chi connectivity index (χ4v) is 8.53. The maximum absolute atomic E-state index is 14.0. The van der Waals surface area contributed by atoms with Gasteiger partial charge in [0, 0.05) is 12.8 Å². The van der Waals surface area contributed by atoms with E-state index in [2.05, 4.69) is 26.0 Å². The normalized spacial score (nSPS) is 12.2. The van der Waals surface area contributed by atoms with E-state index in [1.54, 1.807) is 0 Å². The molecule has 0 amide bonds. The van der Waals surface area contributed by atoms with Crippen molar-refractivity contribution in [1.29, 1.82) is 0 Å². The number of phosphoric ester groups is 1. The summed E-state index contributed by atoms with van der Waals surface area (Å²) in [6.07, 6.45) is 38.3. The van der Waals surface area contributed by atoms with E-state index in [1.165, 1.54) is 122 Å². The van der Waals surface area contributed by atoms with Crippen LogP contribution in [0.4, 0.5) is 0 Å². The molecule has 1 atom stereocenters. The molecule has 0 spiro atoms. The van der Waals surface area contributed by atoms with E-state index in [0.717, 1.165) is 62.5 Å². The summed E-state index contributed by atoms with van der Waals surface area (Å²) in [4.78, 5) is 25.9. The highest BCUT2D eigenvalue weighted by Gasteiger charge is 2.30. The van der Waals surface area contributed by atoms with Crippen molar-refractivity contribution in [3.8, 4) is 0 Å². The maximum Gasteiger partial charge on any atom is 0.475 e. The minimum atomic E-state index is -4.13. The highest BCUT2D eigenvalue weighted by Crippen LogP contribution is 2.51. The molecular formula is C53H87O8P. The number of hydrogen-bond acceptors (Lipinski definition) is 8. The van der Waals surface area contributed by atoms with E-state index in [4.69, 9.17) is 23.0 Å². The third kappa shape index (κ3) is 32.8. The molecule has 0 aliphatic heterocycles. The Morgan fingerprint density at radius 3 is 1.26 bits per heavy atom. The van der Waals surface area contributed by atoms with Gasteiger partial charge >= 0.3 is 19.8 Å². The largest absolute Gasteiger partial charge is 0.475 e. The first kappa shape index (κ1) is 55.4. The van der Waals surface area contributed by atoms with Gasteiger partial charge in [-0.3, -0.25) is 23.2 Å². The number of rotatable bonds is 43. The van der Waals surface area contributed by atoms with Crippen molar-refractivity contribution >= 4 is 19.8 Å². The van der Waals surface area contributed by atoms with Gasteiger partial charge in [-0.2, -0.15) is 0 Å². The molecule has 0 aromatic heterocycles. The lowest BCUT2D eigenvalue weighted by Crippen LogP contribution is -2.29. The molecule has 0 aliphatic carbocycles. The zero-order valence-electron chi connectivity index (χ0n) is 39.3. The summed E-state index contributed by atoms with van der Waals surface area (Å²) in [7, 11) is -4.13. The number of hydrogen-bond donors (Lipinski definition) is 0. The molecule has 0 saturated heterocycles. The molecule has 9 heteroatoms. The quantitative estimate of drug-likeness (QED) is 0.0281. The molecule has 62 heavy (non-hydrogen) atoms. The fraction of sp³-hybridized carbons (Fsp3) is 0.698. The summed E-state index contributed by atoms with van der Waals surface area (Å²) >= 11 is 0. The van der Waals surface area contributed by atoms with Gasteiger partial charge in [-0.15, -0.1) is 0 Å². The Morgan fingerprint density at radius 1 is 0.468 bits per heavy atom. The topological polar surface area (TPSA) is 97.4 Å². The molecule has 0 bridgehead atoms. The van der Waals surface area contributed by atoms with E-state index < -0.39 is 19.9 Å². The summed E-state index contributed by atoms with van der Waals surface area (Å²) in [6, 6.07) is 18.7. The molecule has 352 valence electrons. The minimum Gasteiger partial charge on any atom is -0.462 e. The van der Waals surface area contributed by atoms with Gasteiger partial charge in [0.25, 0.3) is 0 Å². The Morgan fingerprint density at radius 2 is 0.839 bits per heavy atom. The Hall–Kier alpha value is -2.77. The maximum atomic E-state index is 14.0. The third-order valence-corrected chi connectivity index (χ3v) is 12.6. The lowest BCUT2D eigenvalue weighted by Gasteiger charge is -2.22. The first-order chi connectivity index (χ1) is 30.4. The number of carbonyl (C=O) groups is 2. The Balaban J connectivity index is 1.78. The second-order valence-electron chi connectivity index (χ2n) is 17.1. The van der Waals surface area contributed by atoms with Crippen LogP contribution >= 0.6 is 7.82 Å². The molecule has 2 aromatic carbocycles. The lowest BCUT2D eigenvalue weighted by atomic mass is 10.0. The lowest BCUT2D eigenvalue weighted by molar-refractivity contribution is -0.161. The fourth-order valence-electron chi connectivity index (χ4n) is 7.34. The highest BCUT2D eigenvalue weighted by atomic mass is 31.2. The van der Waals surface area contributed by atoms with Gasteiger partial charge in [-0.1, -0.05) is 228 Å². The molecule has 2 rings (SSSR count). The molecule has 2 aromatic rings. The van der Waals surface area contributed by atoms with Crippen LogP contribution in [0.3, 0.4) is 0 Å². The average molecular weight is 883 g/mol. The van der Waals surface area contributed by atoms with Crippen LogP contribution in [-0.4, -0.2) is 31.3 Å². The standard InChI is InChI=1S/C53H87O8P/c1-3-5-7-9-11-13-15-17-19-21-23-25-27-29-37-43-52(54)57-47-51(61-53(55)44-38-30-28-26-24-22-20-18-16-14-12-10-8-6-4-2)48-60-62(56,58-45-49-39-33-31-34-40-49)59-46-50-41-35-32-36-42-50/h18,20,31-36,39-42,51H,3-17,19,21-30,37-38,43-48H2,1-2H3/b20-18-/t51-/m0/s1. The van der Waals surface area contributed by atoms with E-state index in [1.807, 2.05) is 60.7 Å². The van der Waals surface area contributed by atoms with Crippen LogP contribution in [-0.2, 0) is 50.4 Å². The van der Waals surface area contributed by atoms with Crippen LogP contribution in [0.5, 0.6) is 0 Å². The summed E-state index contributed by atoms with van der Waals surface area (Å²) in [6.45, 7) is 4.01. The van der Waals surface area contributed by atoms with Crippen molar-refractivity contribution in [2.45, 2.75) is 226 Å². The molecule has 0 fully saturated rings. The van der Waals surface area contributed by atoms with Crippen LogP contribution in [0, 0.1) is 0 Å². The van der Waals surface area contributed by atoms with Crippen molar-refractivity contribution in [2.75, 3.05) is 13.2 Å². The van der Waals surface area contributed by atoms with Gasteiger partial charge in [-0.05, 0) is 49.7 Å². The number of carbonyl (C=O) groups excluding carboxylic acids is 2. The molecule has 8 nitrogen and oxygen atoms in total. The van der Waals surface area contributed by atoms with Crippen molar-refractivity contribution < 1.29 is 37.2 Å². The van der Waals surface area contributed by atoms with Crippen LogP contribution in [0.25, 0.3) is 0 Å². The summed E-state index contributed by atoms with van der Waals surface area (Å²) < 4.78 is 42.7. The summed E-state index contributed by atoms with van der Waals surface area (Å²) in [5, 5.41) is 0. The van der Waals surface area contributed by atoms with Gasteiger partial charge in [0.15, 0.2) is 6.10 Å². The zero-order chi connectivity index (χ0) is 44.4. The van der Waals surface area contributed by atoms with E-state index in [0.29, 0.717) is 12.8 Å². The van der Waals surface area contributed by atoms with Gasteiger partial charge in [0.1, 0.15) is 6.61 Å². The van der Waals surface area contributed by atoms with E-state index >= 15 is 0 Å². The number of unbranched alkanes of at least 4 members (excludes halogenated alkanes) is 25. The molecule has 0 radical (unpaired) electrons. The number of ether oxygens (including phenoxy) is 2. The second kappa shape index (κ2) is 39.8. The molecule has 0 heterocycles. The van der Waals surface area contributed by atoms with Gasteiger partial charge in [-0.25, -0.2) is 4.57 Å². The minimum absolute atomic E-state index is 0.00107. The van der Waals surface area contributed by atoms with E-state index in [9.17, 15) is 14.2 Å². The SMILES string of the molecule is CCCCCCCC/C=C\CCCCCCCC(=O)O[C@@H](COC(=O)CCCCCCCCCCCCCCCCC)COP(=O)(OCc1ccccc1)OCc1ccccc1. The molecule has 0 N–H and O–H groups in total. The van der Waals surface area contributed by atoms with Crippen molar-refractivity contribution in [1.82, 2.24) is 0 Å². The number of phosphoric acid groups is 1. The molecular weight excluding hydrogens is 796 g/mol. The first-order valence-electron chi connectivity index (χ1n) is 25.1. The Bertz CT molecular complexity index is 1350. The summed E-state index contributed by atoms with van der Waals surface area (Å²) in [5.41, 5.74) is 1.60. The van der Waals surface area contributed by atoms with Crippen LogP contribution in [0.2, 0.25) is 0 Å². The second-order valence-corrected chi connectivity index (χ2v) is 18.8. The number of esters is 2. The Kier molecular flexibility index (Phi) is 35.5. The predicted molar refractivity (Wildman–Crippen MR) is 256 cm³/mol. The molecule has 0 aliphatic rings. The molecule has 0 saturated carbocycles. The smallest absolute Gasteiger partial charge is 0.462 e. The molecule has 0 unspecified atom stereocenters. The summed E-state index contributed by atoms with van der Waals surface area (Å²) in [5.74, 6) is -0.748. The predicted octanol–water partition coefficient (Wildman–Crippen LogP) is 16.3. The Labute approximate surface area is 378 Å². The average Bonchev–Trinajstić information content (AvgIpc) is 3.29. The van der Waals surface area contributed by atoms with Crippen molar-refractivity contribution in [3.63, 3.8) is 0 Å². The van der Waals surface area contributed by atoms with Crippen LogP contribution < -0.4 is 0 Å². The van der Waals surface area contributed by atoms with Crippen LogP contribution in [0.1, 0.15) is 218 Å². The third-order valence-electron chi connectivity index (χ3n) is 11.2. The van der Waals surface area contributed by atoms with Gasteiger partial charge in [0.2, 0.25) is 0 Å². The van der Waals surface area contributed by atoms with Gasteiger partial charge in [0.05, 0.1) is 19.8 Å². The highest BCUT2D eigenvalue weighted by molar-refractivity contribution is 7.48. The van der Waals surface area contributed by atoms with Crippen molar-refractivity contribution in [3.05, 3.63) is 83.9 Å². The zero-order valence-corrected chi connectivity index (χ0v) is 40.2. The van der Waals surface area contributed by atoms with Gasteiger partial charge < -0.3 is 9.47 Å². The van der Waals surface area contributed by atoms with Crippen molar-refractivity contribution in [2.24, 2.45) is 0 Å². The monoisotopic (exact) mass is 883 g/mol. The first-order valence-corrected chi connectivity index (χ1v) is 26.5. The number of allylic oxidation sites excluding steroid dienone is 2. The van der Waals surface area contributed by atoms with Crippen LogP contribution in [0.15, 0.2) is 72.8 Å². The van der Waals surface area contributed by atoms with E-state index in [-0.39, 0.29) is 38.8 Å². The number of benzene rings is 2.